The van der Waals surface area contributed by atoms with Crippen LogP contribution in [0.2, 0.25) is 0 Å². The van der Waals surface area contributed by atoms with Crippen LogP contribution in [0.4, 0.5) is 27.8 Å². The fraction of sp³-hybridized carbons (Fsp3) is 0.333. The third-order valence-electron chi connectivity index (χ3n) is 8.00. The Kier molecular flexibility index (Phi) is 10.4. The summed E-state index contributed by atoms with van der Waals surface area (Å²) in [6.45, 7) is 9.35. The van der Waals surface area contributed by atoms with Gasteiger partial charge in [-0.2, -0.15) is 18.3 Å². The monoisotopic (exact) mass is 651 g/mol. The number of para-hydroxylation sites is 1. The Morgan fingerprint density at radius 3 is 2.40 bits per heavy atom. The molecule has 0 atom stereocenters. The molecule has 2 aromatic heterocycles. The first kappa shape index (κ1) is 33.8. The molecular weight excluding hydrogens is 613 g/mol. The van der Waals surface area contributed by atoms with Crippen molar-refractivity contribution in [3.8, 4) is 17.1 Å². The van der Waals surface area contributed by atoms with Gasteiger partial charge in [0.1, 0.15) is 28.9 Å². The van der Waals surface area contributed by atoms with Crippen molar-refractivity contribution in [1.29, 1.82) is 0 Å². The number of nitrogens with zero attached hydrogens (tertiary/aromatic N) is 4. The van der Waals surface area contributed by atoms with E-state index in [0.717, 1.165) is 22.2 Å². The number of piperidine rings is 1. The standard InChI is InChI=1S/C36H38F5N5O/c1-5-9-25(18-23(3)4)42-35-27(24-14-16-45(17-15-24)22-36(39,40)41)12-13-32(43-35)34-28-10-7-8-11-33(28)46(44-34)21-29-30(37)19-26(47-6-2)20-31(29)38/h5,7-13,18-20,24H,1,6,14-17,21-22H2,2-4H3,(H,42,43)/b25-9+. The SMILES string of the molecule is C=C/C=C(\C=C(C)C)Nc1nc(-c2nn(Cc3c(F)cc(OCC)cc3F)c3ccccc23)ccc1C1CCN(CC(F)(F)F)CC1. The van der Waals surface area contributed by atoms with Gasteiger partial charge in [-0.3, -0.25) is 9.58 Å². The normalized spacial score (nSPS) is 14.8. The molecule has 2 aromatic carbocycles. The van der Waals surface area contributed by atoms with Crippen molar-refractivity contribution in [2.24, 2.45) is 0 Å². The number of allylic oxidation sites excluding steroid dienone is 4. The molecule has 0 bridgehead atoms. The van der Waals surface area contributed by atoms with Gasteiger partial charge in [0.15, 0.2) is 0 Å². The first-order chi connectivity index (χ1) is 22.5. The van der Waals surface area contributed by atoms with E-state index in [0.29, 0.717) is 48.7 Å². The van der Waals surface area contributed by atoms with E-state index in [4.69, 9.17) is 14.8 Å². The lowest BCUT2D eigenvalue weighted by atomic mass is 9.89. The Hall–Kier alpha value is -4.51. The predicted molar refractivity (Wildman–Crippen MR) is 175 cm³/mol. The second-order valence-corrected chi connectivity index (χ2v) is 11.8. The smallest absolute Gasteiger partial charge is 0.401 e. The molecule has 0 spiro atoms. The Bertz CT molecular complexity index is 1770. The lowest BCUT2D eigenvalue weighted by molar-refractivity contribution is -0.147. The molecule has 0 amide bonds. The first-order valence-corrected chi connectivity index (χ1v) is 15.6. The van der Waals surface area contributed by atoms with E-state index in [-0.39, 0.29) is 30.4 Å². The fourth-order valence-electron chi connectivity index (χ4n) is 5.96. The number of hydrogen-bond acceptors (Lipinski definition) is 5. The molecule has 1 fully saturated rings. The average molecular weight is 652 g/mol. The number of halogens is 5. The van der Waals surface area contributed by atoms with Gasteiger partial charge in [-0.1, -0.05) is 42.5 Å². The molecule has 0 unspecified atom stereocenters. The van der Waals surface area contributed by atoms with Gasteiger partial charge in [-0.25, -0.2) is 13.8 Å². The molecular formula is C36H38F5N5O. The highest BCUT2D eigenvalue weighted by atomic mass is 19.4. The van der Waals surface area contributed by atoms with Gasteiger partial charge in [0.25, 0.3) is 0 Å². The number of hydrogen-bond donors (Lipinski definition) is 1. The number of rotatable bonds is 11. The summed E-state index contributed by atoms with van der Waals surface area (Å²) in [5.74, 6) is -0.799. The Morgan fingerprint density at radius 2 is 1.77 bits per heavy atom. The van der Waals surface area contributed by atoms with E-state index in [2.05, 4.69) is 11.9 Å². The Morgan fingerprint density at radius 1 is 1.06 bits per heavy atom. The van der Waals surface area contributed by atoms with E-state index in [1.165, 1.54) is 17.0 Å². The maximum absolute atomic E-state index is 15.0. The van der Waals surface area contributed by atoms with Crippen molar-refractivity contribution in [2.75, 3.05) is 31.6 Å². The molecule has 0 radical (unpaired) electrons. The Balaban J connectivity index is 1.54. The summed E-state index contributed by atoms with van der Waals surface area (Å²) < 4.78 is 76.0. The molecule has 0 aliphatic carbocycles. The van der Waals surface area contributed by atoms with Crippen molar-refractivity contribution in [3.63, 3.8) is 0 Å². The van der Waals surface area contributed by atoms with Gasteiger partial charge in [-0.15, -0.1) is 0 Å². The van der Waals surface area contributed by atoms with Crippen LogP contribution in [-0.4, -0.2) is 52.1 Å². The number of anilines is 1. The minimum Gasteiger partial charge on any atom is -0.494 e. The van der Waals surface area contributed by atoms with Crippen molar-refractivity contribution in [1.82, 2.24) is 19.7 Å². The number of nitrogens with one attached hydrogen (secondary N) is 1. The lowest BCUT2D eigenvalue weighted by Crippen LogP contribution is -2.39. The molecule has 6 nitrogen and oxygen atoms in total. The summed E-state index contributed by atoms with van der Waals surface area (Å²) in [4.78, 5) is 6.45. The van der Waals surface area contributed by atoms with Crippen molar-refractivity contribution >= 4 is 16.7 Å². The molecule has 1 saturated heterocycles. The highest BCUT2D eigenvalue weighted by molar-refractivity contribution is 5.92. The largest absolute Gasteiger partial charge is 0.494 e. The molecule has 248 valence electrons. The third-order valence-corrected chi connectivity index (χ3v) is 8.00. The molecule has 1 aliphatic heterocycles. The summed E-state index contributed by atoms with van der Waals surface area (Å²) >= 11 is 0. The number of fused-ring (bicyclic) bond motifs is 1. The van der Waals surface area contributed by atoms with Gasteiger partial charge < -0.3 is 10.1 Å². The van der Waals surface area contributed by atoms with Crippen LogP contribution in [0.3, 0.4) is 0 Å². The number of ether oxygens (including phenoxy) is 1. The quantitative estimate of drug-likeness (QED) is 0.130. The highest BCUT2D eigenvalue weighted by Gasteiger charge is 2.33. The summed E-state index contributed by atoms with van der Waals surface area (Å²) in [5.41, 5.74) is 4.27. The topological polar surface area (TPSA) is 55.2 Å². The fourth-order valence-corrected chi connectivity index (χ4v) is 5.96. The minimum absolute atomic E-state index is 0.0138. The predicted octanol–water partition coefficient (Wildman–Crippen LogP) is 9.01. The molecule has 1 aliphatic rings. The second kappa shape index (κ2) is 14.5. The molecule has 5 rings (SSSR count). The van der Waals surface area contributed by atoms with Gasteiger partial charge in [0, 0.05) is 28.8 Å². The van der Waals surface area contributed by atoms with Crippen LogP contribution in [0.1, 0.15) is 50.7 Å². The maximum atomic E-state index is 15.0. The van der Waals surface area contributed by atoms with Gasteiger partial charge in [0.05, 0.1) is 30.9 Å². The van der Waals surface area contributed by atoms with Crippen LogP contribution in [0.15, 0.2) is 84.6 Å². The van der Waals surface area contributed by atoms with Crippen LogP contribution in [0.25, 0.3) is 22.3 Å². The lowest BCUT2D eigenvalue weighted by Gasteiger charge is -2.33. The minimum atomic E-state index is -4.24. The summed E-state index contributed by atoms with van der Waals surface area (Å²) in [7, 11) is 0. The van der Waals surface area contributed by atoms with E-state index in [9.17, 15) is 13.2 Å². The summed E-state index contributed by atoms with van der Waals surface area (Å²) in [5, 5.41) is 8.97. The second-order valence-electron chi connectivity index (χ2n) is 11.8. The zero-order valence-corrected chi connectivity index (χ0v) is 26.7. The van der Waals surface area contributed by atoms with Crippen molar-refractivity contribution < 1.29 is 26.7 Å². The molecule has 1 N–H and O–H groups in total. The number of pyridine rings is 1. The highest BCUT2D eigenvalue weighted by Crippen LogP contribution is 2.37. The maximum Gasteiger partial charge on any atom is 0.401 e. The van der Waals surface area contributed by atoms with E-state index >= 15 is 8.78 Å². The van der Waals surface area contributed by atoms with Crippen LogP contribution < -0.4 is 10.1 Å². The number of benzene rings is 2. The molecule has 0 saturated carbocycles. The number of likely N-dealkylation sites (tertiary alicyclic amines) is 1. The van der Waals surface area contributed by atoms with Crippen molar-refractivity contribution in [3.05, 3.63) is 107 Å². The van der Waals surface area contributed by atoms with Crippen LogP contribution >= 0.6 is 0 Å². The van der Waals surface area contributed by atoms with E-state index < -0.39 is 24.4 Å². The average Bonchev–Trinajstić information content (AvgIpc) is 3.37. The molecule has 11 heteroatoms. The van der Waals surface area contributed by atoms with Crippen LogP contribution in [0.5, 0.6) is 5.75 Å². The van der Waals surface area contributed by atoms with Crippen molar-refractivity contribution in [2.45, 2.75) is 52.3 Å². The first-order valence-electron chi connectivity index (χ1n) is 15.6. The molecule has 4 aromatic rings. The number of aromatic nitrogens is 3. The van der Waals surface area contributed by atoms with Crippen LogP contribution in [-0.2, 0) is 6.54 Å². The van der Waals surface area contributed by atoms with E-state index in [1.807, 2.05) is 62.4 Å². The van der Waals surface area contributed by atoms with E-state index in [1.54, 1.807) is 17.7 Å². The zero-order valence-electron chi connectivity index (χ0n) is 26.7. The third kappa shape index (κ3) is 8.26. The summed E-state index contributed by atoms with van der Waals surface area (Å²) in [6.07, 6.45) is 2.29. The zero-order chi connectivity index (χ0) is 33.7. The Labute approximate surface area is 271 Å². The summed E-state index contributed by atoms with van der Waals surface area (Å²) in [6, 6.07) is 13.5. The van der Waals surface area contributed by atoms with Gasteiger partial charge in [-0.05, 0) is 82.5 Å². The van der Waals surface area contributed by atoms with Crippen LogP contribution in [0, 0.1) is 11.6 Å². The number of alkyl halides is 3. The molecule has 3 heterocycles. The molecule has 47 heavy (non-hydrogen) atoms. The van der Waals surface area contributed by atoms with Gasteiger partial charge in [0.2, 0.25) is 0 Å². The van der Waals surface area contributed by atoms with Gasteiger partial charge >= 0.3 is 6.18 Å².